The summed E-state index contributed by atoms with van der Waals surface area (Å²) < 4.78 is 14.3. The molecular weight excluding hydrogens is 299 g/mol. The van der Waals surface area contributed by atoms with Crippen molar-refractivity contribution in [2.45, 2.75) is 25.4 Å². The van der Waals surface area contributed by atoms with Crippen molar-refractivity contribution in [3.05, 3.63) is 34.1 Å². The molecule has 1 saturated carbocycles. The lowest BCUT2D eigenvalue weighted by Crippen LogP contribution is -2.36. The van der Waals surface area contributed by atoms with Crippen LogP contribution in [0.4, 0.5) is 4.39 Å². The van der Waals surface area contributed by atoms with E-state index in [1.807, 2.05) is 7.05 Å². The number of carbonyl (C=O) groups excluding carboxylic acids is 1. The first-order valence-corrected chi connectivity index (χ1v) is 6.77. The topological polar surface area (TPSA) is 32.3 Å². The average molecular weight is 315 g/mol. The Kier molecular flexibility index (Phi) is 4.35. The molecule has 0 heterocycles. The van der Waals surface area contributed by atoms with Gasteiger partial charge in [0.15, 0.2) is 0 Å². The van der Waals surface area contributed by atoms with Crippen LogP contribution in [-0.4, -0.2) is 30.4 Å². The third kappa shape index (κ3) is 3.53. The van der Waals surface area contributed by atoms with E-state index in [4.69, 9.17) is 0 Å². The summed E-state index contributed by atoms with van der Waals surface area (Å²) in [6, 6.07) is 5.21. The van der Waals surface area contributed by atoms with Gasteiger partial charge >= 0.3 is 0 Å². The summed E-state index contributed by atoms with van der Waals surface area (Å²) in [5.41, 5.74) is 0.561. The monoisotopic (exact) mass is 314 g/mol. The lowest BCUT2D eigenvalue weighted by atomic mass is 10.2. The highest BCUT2D eigenvalue weighted by Crippen LogP contribution is 2.25. The van der Waals surface area contributed by atoms with Crippen LogP contribution in [0.15, 0.2) is 22.7 Å². The van der Waals surface area contributed by atoms with E-state index in [-0.39, 0.29) is 18.3 Å². The second kappa shape index (κ2) is 5.80. The molecule has 1 N–H and O–H groups in total. The van der Waals surface area contributed by atoms with E-state index in [0.717, 1.165) is 17.3 Å². The molecule has 1 amide bonds. The fourth-order valence-electron chi connectivity index (χ4n) is 1.77. The van der Waals surface area contributed by atoms with Gasteiger partial charge in [0, 0.05) is 29.7 Å². The molecule has 1 aliphatic carbocycles. The van der Waals surface area contributed by atoms with Crippen LogP contribution in [0, 0.1) is 5.82 Å². The Hall–Kier alpha value is -0.940. The molecule has 0 aliphatic heterocycles. The Morgan fingerprint density at radius 3 is 2.94 bits per heavy atom. The molecule has 0 saturated heterocycles. The number of carbonyl (C=O) groups is 1. The van der Waals surface area contributed by atoms with Gasteiger partial charge in [0.25, 0.3) is 0 Å². The van der Waals surface area contributed by atoms with Crippen LogP contribution >= 0.6 is 15.9 Å². The van der Waals surface area contributed by atoms with Gasteiger partial charge in [-0.05, 0) is 31.0 Å². The maximum atomic E-state index is 13.4. The van der Waals surface area contributed by atoms with Crippen LogP contribution in [0.25, 0.3) is 0 Å². The lowest BCUT2D eigenvalue weighted by molar-refractivity contribution is -0.129. The summed E-state index contributed by atoms with van der Waals surface area (Å²) in [5.74, 6) is -0.193. The van der Waals surface area contributed by atoms with Gasteiger partial charge in [-0.2, -0.15) is 0 Å². The van der Waals surface area contributed by atoms with Crippen molar-refractivity contribution < 1.29 is 9.18 Å². The zero-order valence-corrected chi connectivity index (χ0v) is 11.8. The van der Waals surface area contributed by atoms with Gasteiger partial charge in [-0.25, -0.2) is 4.39 Å². The molecule has 5 heteroatoms. The summed E-state index contributed by atoms with van der Waals surface area (Å²) in [4.78, 5) is 13.5. The van der Waals surface area contributed by atoms with Crippen molar-refractivity contribution in [2.24, 2.45) is 0 Å². The molecule has 0 unspecified atom stereocenters. The summed E-state index contributed by atoms with van der Waals surface area (Å²) in [6.45, 7) is 0.606. The van der Waals surface area contributed by atoms with Gasteiger partial charge in [0.1, 0.15) is 5.82 Å². The molecule has 18 heavy (non-hydrogen) atoms. The molecule has 1 aromatic rings. The second-order valence-corrected chi connectivity index (χ2v) is 5.49. The van der Waals surface area contributed by atoms with E-state index in [0.29, 0.717) is 18.2 Å². The number of nitrogens with one attached hydrogen (secondary N) is 1. The maximum Gasteiger partial charge on any atom is 0.236 e. The molecule has 0 atom stereocenters. The molecule has 1 fully saturated rings. The number of amides is 1. The number of hydrogen-bond acceptors (Lipinski definition) is 2. The fourth-order valence-corrected chi connectivity index (χ4v) is 2.18. The number of halogens is 2. The Bertz CT molecular complexity index is 449. The van der Waals surface area contributed by atoms with Gasteiger partial charge in [0.05, 0.1) is 6.54 Å². The number of benzene rings is 1. The second-order valence-electron chi connectivity index (χ2n) is 4.58. The fraction of sp³-hybridized carbons (Fsp3) is 0.462. The van der Waals surface area contributed by atoms with Gasteiger partial charge in [0.2, 0.25) is 5.91 Å². The summed E-state index contributed by atoms with van der Waals surface area (Å²) >= 11 is 3.30. The molecule has 0 spiro atoms. The highest BCUT2D eigenvalue weighted by Gasteiger charge is 2.28. The van der Waals surface area contributed by atoms with E-state index in [9.17, 15) is 9.18 Å². The Morgan fingerprint density at radius 2 is 2.28 bits per heavy atom. The van der Waals surface area contributed by atoms with Crippen LogP contribution in [0.2, 0.25) is 0 Å². The van der Waals surface area contributed by atoms with Crippen molar-refractivity contribution in [1.82, 2.24) is 10.2 Å². The number of rotatable bonds is 5. The Labute approximate surface area is 114 Å². The number of nitrogens with zero attached hydrogens (tertiary/aromatic N) is 1. The third-order valence-electron chi connectivity index (χ3n) is 3.09. The van der Waals surface area contributed by atoms with Gasteiger partial charge in [-0.1, -0.05) is 15.9 Å². The summed E-state index contributed by atoms with van der Waals surface area (Å²) in [7, 11) is 1.82. The predicted molar refractivity (Wildman–Crippen MR) is 71.6 cm³/mol. The normalized spacial score (nSPS) is 14.6. The highest BCUT2D eigenvalue weighted by molar-refractivity contribution is 9.10. The van der Waals surface area contributed by atoms with Crippen LogP contribution < -0.4 is 5.32 Å². The van der Waals surface area contributed by atoms with Crippen molar-refractivity contribution in [3.8, 4) is 0 Å². The Balaban J connectivity index is 1.80. The van der Waals surface area contributed by atoms with E-state index >= 15 is 0 Å². The highest BCUT2D eigenvalue weighted by atomic mass is 79.9. The smallest absolute Gasteiger partial charge is 0.236 e. The van der Waals surface area contributed by atoms with E-state index in [1.165, 1.54) is 6.07 Å². The zero-order valence-electron chi connectivity index (χ0n) is 10.2. The first-order chi connectivity index (χ1) is 8.58. The number of likely N-dealkylation sites (N-methyl/N-ethyl adjacent to an activating group) is 1. The molecule has 1 aromatic carbocycles. The summed E-state index contributed by atoms with van der Waals surface area (Å²) in [6.07, 6.45) is 2.20. The van der Waals surface area contributed by atoms with Crippen molar-refractivity contribution in [3.63, 3.8) is 0 Å². The molecular formula is C13H16BrFN2O. The van der Waals surface area contributed by atoms with Crippen LogP contribution in [0.5, 0.6) is 0 Å². The Morgan fingerprint density at radius 1 is 1.56 bits per heavy atom. The predicted octanol–water partition coefficient (Wildman–Crippen LogP) is 2.30. The standard InChI is InChI=1S/C13H16BrFN2O/c1-17(11-3-4-11)13(18)8-16-7-9-6-10(14)2-5-12(9)15/h2,5-6,11,16H,3-4,7-8H2,1H3. The van der Waals surface area contributed by atoms with E-state index in [1.54, 1.807) is 17.0 Å². The zero-order chi connectivity index (χ0) is 13.1. The lowest BCUT2D eigenvalue weighted by Gasteiger charge is -2.16. The average Bonchev–Trinajstić information content (AvgIpc) is 3.16. The molecule has 2 rings (SSSR count). The van der Waals surface area contributed by atoms with Gasteiger partial charge in [-0.15, -0.1) is 0 Å². The number of hydrogen-bond donors (Lipinski definition) is 1. The SMILES string of the molecule is CN(C(=O)CNCc1cc(Br)ccc1F)C1CC1. The first-order valence-electron chi connectivity index (χ1n) is 5.98. The minimum Gasteiger partial charge on any atom is -0.342 e. The van der Waals surface area contributed by atoms with Crippen molar-refractivity contribution in [2.75, 3.05) is 13.6 Å². The first kappa shape index (κ1) is 13.5. The van der Waals surface area contributed by atoms with Crippen molar-refractivity contribution >= 4 is 21.8 Å². The van der Waals surface area contributed by atoms with E-state index in [2.05, 4.69) is 21.2 Å². The summed E-state index contributed by atoms with van der Waals surface area (Å²) in [5, 5.41) is 2.98. The van der Waals surface area contributed by atoms with Crippen LogP contribution in [0.3, 0.4) is 0 Å². The molecule has 0 radical (unpaired) electrons. The molecule has 0 bridgehead atoms. The van der Waals surface area contributed by atoms with Crippen LogP contribution in [0.1, 0.15) is 18.4 Å². The minimum absolute atomic E-state index is 0.0629. The molecule has 98 valence electrons. The van der Waals surface area contributed by atoms with Gasteiger partial charge in [-0.3, -0.25) is 4.79 Å². The van der Waals surface area contributed by atoms with E-state index < -0.39 is 0 Å². The molecule has 1 aliphatic rings. The van der Waals surface area contributed by atoms with Crippen LogP contribution in [-0.2, 0) is 11.3 Å². The molecule has 0 aromatic heterocycles. The van der Waals surface area contributed by atoms with Crippen molar-refractivity contribution in [1.29, 1.82) is 0 Å². The third-order valence-corrected chi connectivity index (χ3v) is 3.58. The largest absolute Gasteiger partial charge is 0.342 e. The van der Waals surface area contributed by atoms with Gasteiger partial charge < -0.3 is 10.2 Å². The minimum atomic E-state index is -0.256. The maximum absolute atomic E-state index is 13.4. The quantitative estimate of drug-likeness (QED) is 0.904. The molecule has 3 nitrogen and oxygen atoms in total.